The fourth-order valence-electron chi connectivity index (χ4n) is 5.14. The summed E-state index contributed by atoms with van der Waals surface area (Å²) in [7, 11) is 1.48. The highest BCUT2D eigenvalue weighted by Gasteiger charge is 2.39. The zero-order valence-electron chi connectivity index (χ0n) is 23.2. The maximum atomic E-state index is 14.0. The van der Waals surface area contributed by atoms with Crippen LogP contribution < -0.4 is 9.80 Å². The van der Waals surface area contributed by atoms with Crippen LogP contribution in [0.1, 0.15) is 66.1 Å². The fourth-order valence-corrected chi connectivity index (χ4v) is 5.14. The zero-order chi connectivity index (χ0) is 31.0. The average molecular weight is 603 g/mol. The van der Waals surface area contributed by atoms with Crippen LogP contribution in [0.25, 0.3) is 0 Å². The van der Waals surface area contributed by atoms with Gasteiger partial charge in [-0.05, 0) is 79.3 Å². The number of carbonyl (C=O) groups is 1. The van der Waals surface area contributed by atoms with Crippen molar-refractivity contribution >= 4 is 17.7 Å². The number of halogens is 7. The molecule has 0 radical (unpaired) electrons. The van der Waals surface area contributed by atoms with Crippen LogP contribution in [0, 0.1) is 6.92 Å². The highest BCUT2D eigenvalue weighted by Crippen LogP contribution is 2.45. The Morgan fingerprint density at radius 1 is 1.10 bits per heavy atom. The molecule has 2 heterocycles. The molecule has 0 saturated carbocycles. The minimum atomic E-state index is -4.74. The van der Waals surface area contributed by atoms with Crippen molar-refractivity contribution in [1.29, 1.82) is 0 Å². The maximum absolute atomic E-state index is 14.0. The van der Waals surface area contributed by atoms with E-state index in [4.69, 9.17) is 4.74 Å². The third-order valence-corrected chi connectivity index (χ3v) is 6.83. The molecule has 2 aromatic carbocycles. The lowest BCUT2D eigenvalue weighted by Crippen LogP contribution is -2.35. The number of anilines is 2. The number of benzene rings is 2. The Morgan fingerprint density at radius 2 is 1.79 bits per heavy atom. The van der Waals surface area contributed by atoms with Gasteiger partial charge in [-0.3, -0.25) is 4.90 Å². The Morgan fingerprint density at radius 3 is 2.36 bits per heavy atom. The minimum absolute atomic E-state index is 0.0107. The first-order valence-corrected chi connectivity index (χ1v) is 13.1. The predicted molar refractivity (Wildman–Crippen MR) is 138 cm³/mol. The summed E-state index contributed by atoms with van der Waals surface area (Å²) in [4.78, 5) is 16.9. The number of hydrogen-bond donors (Lipinski definition) is 0. The second kappa shape index (κ2) is 11.8. The van der Waals surface area contributed by atoms with E-state index in [2.05, 4.69) is 15.4 Å². The predicted octanol–water partition coefficient (Wildman–Crippen LogP) is 6.92. The van der Waals surface area contributed by atoms with E-state index in [-0.39, 0.29) is 47.8 Å². The van der Waals surface area contributed by atoms with Gasteiger partial charge in [0, 0.05) is 13.1 Å². The van der Waals surface area contributed by atoms with Crippen molar-refractivity contribution in [2.45, 2.75) is 71.3 Å². The number of ether oxygens (including phenoxy) is 1. The molecule has 228 valence electrons. The summed E-state index contributed by atoms with van der Waals surface area (Å²) in [5.41, 5.74) is -2.03. The molecular formula is C27H29F7N6O2. The molecule has 1 amide bonds. The van der Waals surface area contributed by atoms with Gasteiger partial charge in [0.15, 0.2) is 0 Å². The lowest BCUT2D eigenvalue weighted by atomic mass is 9.94. The number of carbonyl (C=O) groups excluding carboxylic acids is 1. The maximum Gasteiger partial charge on any atom is 0.416 e. The minimum Gasteiger partial charge on any atom is -0.446 e. The van der Waals surface area contributed by atoms with Crippen molar-refractivity contribution < 1.29 is 40.3 Å². The van der Waals surface area contributed by atoms with E-state index in [1.807, 2.05) is 0 Å². The molecule has 0 aliphatic carbocycles. The number of tetrazole rings is 1. The van der Waals surface area contributed by atoms with Gasteiger partial charge in [-0.15, -0.1) is 5.10 Å². The zero-order valence-corrected chi connectivity index (χ0v) is 23.2. The SMILES string of the molecule is Cc1c(C(F)(F)F)ccc2c1N(C(=O)OC(C)C)CCCC2N(Cc1cc(CF)cc(C(F)(F)F)c1)c1nnn(C)n1. The smallest absolute Gasteiger partial charge is 0.416 e. The van der Waals surface area contributed by atoms with E-state index in [1.54, 1.807) is 13.8 Å². The first-order valence-electron chi connectivity index (χ1n) is 13.1. The van der Waals surface area contributed by atoms with Crippen molar-refractivity contribution in [3.63, 3.8) is 0 Å². The lowest BCUT2D eigenvalue weighted by Gasteiger charge is -2.33. The number of aryl methyl sites for hydroxylation is 1. The molecule has 0 saturated heterocycles. The van der Waals surface area contributed by atoms with E-state index in [0.717, 1.165) is 27.9 Å². The van der Waals surface area contributed by atoms with Crippen LogP contribution in [0.15, 0.2) is 30.3 Å². The second-order valence-corrected chi connectivity index (χ2v) is 10.3. The average Bonchev–Trinajstić information content (AvgIpc) is 3.22. The number of fused-ring (bicyclic) bond motifs is 1. The van der Waals surface area contributed by atoms with Gasteiger partial charge in [-0.2, -0.15) is 31.1 Å². The molecule has 3 aromatic rings. The van der Waals surface area contributed by atoms with Crippen molar-refractivity contribution in [3.8, 4) is 0 Å². The number of aromatic nitrogens is 4. The standard InChI is InChI=1S/C27H29F7N6O2/c1-15(2)42-25(41)39-9-5-6-22(20-7-8-21(27(32,33)34)16(3)23(20)39)40(24-35-37-38(4)36-24)14-18-10-17(13-28)11-19(12-18)26(29,30)31/h7-8,10-12,15,22H,5-6,9,13-14H2,1-4H3. The van der Waals surface area contributed by atoms with Crippen molar-refractivity contribution in [3.05, 3.63) is 63.7 Å². The summed E-state index contributed by atoms with van der Waals surface area (Å²) in [6.07, 6.45) is -10.3. The van der Waals surface area contributed by atoms with Crippen LogP contribution in [0.3, 0.4) is 0 Å². The Labute approximate surface area is 237 Å². The molecule has 1 aromatic heterocycles. The highest BCUT2D eigenvalue weighted by molar-refractivity contribution is 5.91. The quantitative estimate of drug-likeness (QED) is 0.285. The Bertz CT molecular complexity index is 1440. The summed E-state index contributed by atoms with van der Waals surface area (Å²) >= 11 is 0. The van der Waals surface area contributed by atoms with Gasteiger partial charge in [0.1, 0.15) is 6.67 Å². The second-order valence-electron chi connectivity index (χ2n) is 10.3. The van der Waals surface area contributed by atoms with Gasteiger partial charge < -0.3 is 9.64 Å². The molecule has 4 rings (SSSR count). The fraction of sp³-hybridized carbons (Fsp3) is 0.481. The highest BCUT2D eigenvalue weighted by atomic mass is 19.4. The molecule has 15 heteroatoms. The summed E-state index contributed by atoms with van der Waals surface area (Å²) in [6, 6.07) is 4.23. The first-order chi connectivity index (χ1) is 19.6. The topological polar surface area (TPSA) is 76.4 Å². The Hall–Kier alpha value is -3.91. The normalized spacial score (nSPS) is 15.9. The summed E-state index contributed by atoms with van der Waals surface area (Å²) < 4.78 is 102. The monoisotopic (exact) mass is 602 g/mol. The van der Waals surface area contributed by atoms with E-state index >= 15 is 0 Å². The summed E-state index contributed by atoms with van der Waals surface area (Å²) in [5.74, 6) is -0.0107. The molecule has 1 unspecified atom stereocenters. The van der Waals surface area contributed by atoms with Crippen LogP contribution in [0.4, 0.5) is 47.2 Å². The van der Waals surface area contributed by atoms with Gasteiger partial charge in [-0.1, -0.05) is 17.2 Å². The number of rotatable bonds is 6. The van der Waals surface area contributed by atoms with Crippen LogP contribution >= 0.6 is 0 Å². The van der Waals surface area contributed by atoms with Gasteiger partial charge in [0.25, 0.3) is 5.95 Å². The number of alkyl halides is 7. The number of nitrogens with zero attached hydrogens (tertiary/aromatic N) is 6. The molecule has 1 atom stereocenters. The molecule has 0 N–H and O–H groups in total. The van der Waals surface area contributed by atoms with E-state index in [0.29, 0.717) is 12.0 Å². The van der Waals surface area contributed by atoms with E-state index in [1.165, 1.54) is 31.0 Å². The van der Waals surface area contributed by atoms with Crippen LogP contribution in [0.5, 0.6) is 0 Å². The van der Waals surface area contributed by atoms with Crippen LogP contribution in [-0.4, -0.2) is 38.9 Å². The lowest BCUT2D eigenvalue weighted by molar-refractivity contribution is -0.138. The third-order valence-electron chi connectivity index (χ3n) is 6.83. The Balaban J connectivity index is 1.90. The van der Waals surface area contributed by atoms with Crippen molar-refractivity contribution in [1.82, 2.24) is 20.2 Å². The molecule has 0 fully saturated rings. The van der Waals surface area contributed by atoms with Crippen LogP contribution in [0.2, 0.25) is 0 Å². The molecule has 1 aliphatic rings. The molecule has 0 spiro atoms. The molecule has 8 nitrogen and oxygen atoms in total. The molecule has 1 aliphatic heterocycles. The number of amides is 1. The Kier molecular flexibility index (Phi) is 8.69. The van der Waals surface area contributed by atoms with E-state index in [9.17, 15) is 35.5 Å². The van der Waals surface area contributed by atoms with E-state index < -0.39 is 48.4 Å². The number of hydrogen-bond acceptors (Lipinski definition) is 6. The van der Waals surface area contributed by atoms with Gasteiger partial charge >= 0.3 is 18.4 Å². The summed E-state index contributed by atoms with van der Waals surface area (Å²) in [5, 5.41) is 12.1. The molecule has 0 bridgehead atoms. The van der Waals surface area contributed by atoms with Crippen molar-refractivity contribution in [2.24, 2.45) is 7.05 Å². The van der Waals surface area contributed by atoms with Crippen LogP contribution in [-0.2, 0) is 37.4 Å². The van der Waals surface area contributed by atoms with Crippen molar-refractivity contribution in [2.75, 3.05) is 16.3 Å². The molecule has 42 heavy (non-hydrogen) atoms. The third kappa shape index (κ3) is 6.59. The summed E-state index contributed by atoms with van der Waals surface area (Å²) in [6.45, 7) is 3.10. The molecular weight excluding hydrogens is 573 g/mol. The van der Waals surface area contributed by atoms with Gasteiger partial charge in [0.05, 0.1) is 36.0 Å². The largest absolute Gasteiger partial charge is 0.446 e. The van der Waals surface area contributed by atoms with Gasteiger partial charge in [0.2, 0.25) is 0 Å². The van der Waals surface area contributed by atoms with Gasteiger partial charge in [-0.25, -0.2) is 9.18 Å². The first kappa shape index (κ1) is 31.0.